The van der Waals surface area contributed by atoms with E-state index in [0.717, 1.165) is 35.2 Å². The molecule has 1 saturated heterocycles. The molecule has 4 nitrogen and oxygen atoms in total. The smallest absolute Gasteiger partial charge is 0.208 e. The molecule has 0 aromatic carbocycles. The Balaban J connectivity index is 1.46. The van der Waals surface area contributed by atoms with Crippen molar-refractivity contribution in [2.24, 2.45) is 5.92 Å². The van der Waals surface area contributed by atoms with Crippen molar-refractivity contribution in [2.45, 2.75) is 38.6 Å². The summed E-state index contributed by atoms with van der Waals surface area (Å²) in [5.74, 6) is 0.985. The summed E-state index contributed by atoms with van der Waals surface area (Å²) in [4.78, 5) is 2.37. The van der Waals surface area contributed by atoms with E-state index in [9.17, 15) is 0 Å². The van der Waals surface area contributed by atoms with Gasteiger partial charge in [0.25, 0.3) is 0 Å². The van der Waals surface area contributed by atoms with E-state index in [1.54, 1.807) is 11.3 Å². The number of nitrogens with zero attached hydrogens (tertiary/aromatic N) is 3. The van der Waals surface area contributed by atoms with E-state index in [2.05, 4.69) is 20.4 Å². The Labute approximate surface area is 106 Å². The van der Waals surface area contributed by atoms with Gasteiger partial charge in [0.1, 0.15) is 5.01 Å². The van der Waals surface area contributed by atoms with Gasteiger partial charge in [-0.05, 0) is 45.1 Å². The summed E-state index contributed by atoms with van der Waals surface area (Å²) in [6.07, 6.45) is 5.36. The van der Waals surface area contributed by atoms with E-state index in [0.29, 0.717) is 0 Å². The van der Waals surface area contributed by atoms with Crippen LogP contribution < -0.4 is 10.2 Å². The minimum absolute atomic E-state index is 0.723. The highest BCUT2D eigenvalue weighted by Crippen LogP contribution is 2.28. The Morgan fingerprint density at radius 3 is 2.59 bits per heavy atom. The molecule has 1 aromatic heterocycles. The van der Waals surface area contributed by atoms with E-state index in [-0.39, 0.29) is 0 Å². The monoisotopic (exact) mass is 252 g/mol. The molecule has 0 radical (unpaired) electrons. The minimum atomic E-state index is 0.723. The molecular weight excluding hydrogens is 232 g/mol. The molecular formula is C12H20N4S. The van der Waals surface area contributed by atoms with Crippen LogP contribution in [0.5, 0.6) is 0 Å². The molecule has 5 heteroatoms. The fourth-order valence-corrected chi connectivity index (χ4v) is 3.08. The Morgan fingerprint density at radius 1 is 1.24 bits per heavy atom. The minimum Gasteiger partial charge on any atom is -0.347 e. The summed E-state index contributed by atoms with van der Waals surface area (Å²) in [5, 5.41) is 14.2. The van der Waals surface area contributed by atoms with E-state index in [1.807, 2.05) is 6.92 Å². The molecule has 1 aliphatic heterocycles. The van der Waals surface area contributed by atoms with Crippen LogP contribution in [0.15, 0.2) is 0 Å². The second kappa shape index (κ2) is 4.90. The first-order valence-corrected chi connectivity index (χ1v) is 7.41. The van der Waals surface area contributed by atoms with Gasteiger partial charge in [0.05, 0.1) is 0 Å². The molecule has 17 heavy (non-hydrogen) atoms. The second-order valence-corrected chi connectivity index (χ2v) is 6.38. The van der Waals surface area contributed by atoms with Crippen LogP contribution in [0.4, 0.5) is 5.13 Å². The fourth-order valence-electron chi connectivity index (χ4n) is 2.34. The number of piperidine rings is 1. The Hall–Kier alpha value is -0.680. The van der Waals surface area contributed by atoms with Gasteiger partial charge in [0.2, 0.25) is 5.13 Å². The zero-order valence-electron chi connectivity index (χ0n) is 10.4. The molecule has 94 valence electrons. The highest BCUT2D eigenvalue weighted by Gasteiger charge is 2.25. The predicted octanol–water partition coefficient (Wildman–Crippen LogP) is 1.81. The van der Waals surface area contributed by atoms with Crippen LogP contribution in [0.25, 0.3) is 0 Å². The Kier molecular flexibility index (Phi) is 3.29. The average molecular weight is 252 g/mol. The zero-order valence-corrected chi connectivity index (χ0v) is 11.2. The quantitative estimate of drug-likeness (QED) is 0.887. The number of rotatable bonds is 4. The lowest BCUT2D eigenvalue weighted by molar-refractivity contribution is 0.408. The van der Waals surface area contributed by atoms with Crippen molar-refractivity contribution in [1.29, 1.82) is 0 Å². The third-order valence-corrected chi connectivity index (χ3v) is 4.57. The van der Waals surface area contributed by atoms with Crippen LogP contribution >= 0.6 is 11.3 Å². The van der Waals surface area contributed by atoms with Crippen LogP contribution in [-0.2, 0) is 0 Å². The van der Waals surface area contributed by atoms with Gasteiger partial charge in [-0.2, -0.15) is 0 Å². The highest BCUT2D eigenvalue weighted by atomic mass is 32.1. The van der Waals surface area contributed by atoms with Crippen LogP contribution in [0.3, 0.4) is 0 Å². The van der Waals surface area contributed by atoms with Crippen LogP contribution in [0.1, 0.15) is 30.7 Å². The van der Waals surface area contributed by atoms with Crippen molar-refractivity contribution in [1.82, 2.24) is 15.5 Å². The van der Waals surface area contributed by atoms with Crippen LogP contribution in [0, 0.1) is 12.8 Å². The molecule has 0 unspecified atom stereocenters. The molecule has 2 heterocycles. The molecule has 2 fully saturated rings. The molecule has 3 rings (SSSR count). The summed E-state index contributed by atoms with van der Waals surface area (Å²) in [5.41, 5.74) is 0. The molecule has 1 N–H and O–H groups in total. The zero-order chi connectivity index (χ0) is 11.7. The topological polar surface area (TPSA) is 41.1 Å². The number of hydrogen-bond acceptors (Lipinski definition) is 5. The lowest BCUT2D eigenvalue weighted by Crippen LogP contribution is -2.43. The lowest BCUT2D eigenvalue weighted by atomic mass is 10.1. The molecule has 0 amide bonds. The highest BCUT2D eigenvalue weighted by molar-refractivity contribution is 7.15. The Bertz CT molecular complexity index is 366. The molecule has 0 spiro atoms. The maximum absolute atomic E-state index is 4.22. The predicted molar refractivity (Wildman–Crippen MR) is 70.6 cm³/mol. The van der Waals surface area contributed by atoms with Gasteiger partial charge in [-0.25, -0.2) is 0 Å². The van der Waals surface area contributed by atoms with E-state index >= 15 is 0 Å². The van der Waals surface area contributed by atoms with Crippen molar-refractivity contribution < 1.29 is 0 Å². The summed E-state index contributed by atoms with van der Waals surface area (Å²) in [6, 6.07) is 0.723. The number of aryl methyl sites for hydroxylation is 1. The third kappa shape index (κ3) is 2.96. The largest absolute Gasteiger partial charge is 0.347 e. The maximum atomic E-state index is 4.22. The SMILES string of the molecule is Cc1nnc(N2CCC(NCC3CC3)CC2)s1. The van der Waals surface area contributed by atoms with Gasteiger partial charge < -0.3 is 10.2 Å². The lowest BCUT2D eigenvalue weighted by Gasteiger charge is -2.32. The third-order valence-electron chi connectivity index (χ3n) is 3.67. The van der Waals surface area contributed by atoms with Gasteiger partial charge in [-0.1, -0.05) is 11.3 Å². The van der Waals surface area contributed by atoms with Gasteiger partial charge >= 0.3 is 0 Å². The number of anilines is 1. The summed E-state index contributed by atoms with van der Waals surface area (Å²) in [7, 11) is 0. The van der Waals surface area contributed by atoms with E-state index in [4.69, 9.17) is 0 Å². The van der Waals surface area contributed by atoms with Crippen molar-refractivity contribution >= 4 is 16.5 Å². The Morgan fingerprint density at radius 2 is 2.00 bits per heavy atom. The maximum Gasteiger partial charge on any atom is 0.208 e. The standard InChI is InChI=1S/C12H20N4S/c1-9-14-15-12(17-9)16-6-4-11(5-7-16)13-8-10-2-3-10/h10-11,13H,2-8H2,1H3. The van der Waals surface area contributed by atoms with Crippen LogP contribution in [0.2, 0.25) is 0 Å². The number of nitrogens with one attached hydrogen (secondary N) is 1. The van der Waals surface area contributed by atoms with E-state index in [1.165, 1.54) is 32.2 Å². The average Bonchev–Trinajstić information content (AvgIpc) is 3.09. The van der Waals surface area contributed by atoms with Crippen LogP contribution in [-0.4, -0.2) is 35.9 Å². The summed E-state index contributed by atoms with van der Waals surface area (Å²) in [6.45, 7) is 5.50. The molecule has 0 bridgehead atoms. The number of aromatic nitrogens is 2. The first-order valence-electron chi connectivity index (χ1n) is 6.59. The van der Waals surface area contributed by atoms with Crippen molar-refractivity contribution in [3.8, 4) is 0 Å². The molecule has 1 aliphatic carbocycles. The molecule has 2 aliphatic rings. The van der Waals surface area contributed by atoms with Crippen molar-refractivity contribution in [3.05, 3.63) is 5.01 Å². The first kappa shape index (κ1) is 11.4. The first-order chi connectivity index (χ1) is 8.31. The van der Waals surface area contributed by atoms with Gasteiger partial charge in [-0.15, -0.1) is 10.2 Å². The van der Waals surface area contributed by atoms with E-state index < -0.39 is 0 Å². The second-order valence-electron chi connectivity index (χ2n) is 5.22. The molecule has 1 saturated carbocycles. The summed E-state index contributed by atoms with van der Waals surface area (Å²) >= 11 is 1.71. The molecule has 0 atom stereocenters. The molecule has 1 aromatic rings. The van der Waals surface area contributed by atoms with Gasteiger partial charge in [0, 0.05) is 19.1 Å². The van der Waals surface area contributed by atoms with Crippen molar-refractivity contribution in [3.63, 3.8) is 0 Å². The summed E-state index contributed by atoms with van der Waals surface area (Å²) < 4.78 is 0. The fraction of sp³-hybridized carbons (Fsp3) is 0.833. The van der Waals surface area contributed by atoms with Gasteiger partial charge in [-0.3, -0.25) is 0 Å². The van der Waals surface area contributed by atoms with Crippen molar-refractivity contribution in [2.75, 3.05) is 24.5 Å². The van der Waals surface area contributed by atoms with Gasteiger partial charge in [0.15, 0.2) is 0 Å². The normalized spacial score (nSPS) is 22.1. The number of hydrogen-bond donors (Lipinski definition) is 1.